The van der Waals surface area contributed by atoms with Crippen LogP contribution in [0.25, 0.3) is 0 Å². The van der Waals surface area contributed by atoms with Crippen LogP contribution in [0.4, 0.5) is 8.78 Å². The lowest BCUT2D eigenvalue weighted by molar-refractivity contribution is -0.0533. The van der Waals surface area contributed by atoms with Gasteiger partial charge in [0.1, 0.15) is 17.7 Å². The van der Waals surface area contributed by atoms with E-state index < -0.39 is 23.8 Å². The summed E-state index contributed by atoms with van der Waals surface area (Å²) >= 11 is 3.47. The van der Waals surface area contributed by atoms with Crippen molar-refractivity contribution < 1.29 is 13.5 Å². The first-order valence-electron chi connectivity index (χ1n) is 12.3. The molecule has 2 aromatic rings. The summed E-state index contributed by atoms with van der Waals surface area (Å²) in [6.45, 7) is 10.4. The predicted molar refractivity (Wildman–Crippen MR) is 139 cm³/mol. The van der Waals surface area contributed by atoms with Crippen LogP contribution >= 0.6 is 24.1 Å². The van der Waals surface area contributed by atoms with Crippen LogP contribution < -0.4 is 5.73 Å². The molecule has 194 valence electrons. The largest absolute Gasteiger partial charge is 0.370 e. The van der Waals surface area contributed by atoms with Crippen molar-refractivity contribution in [1.82, 2.24) is 22.7 Å². The van der Waals surface area contributed by atoms with Crippen LogP contribution in [0.2, 0.25) is 0 Å². The van der Waals surface area contributed by atoms with Gasteiger partial charge in [0.05, 0.1) is 24.4 Å². The number of aromatic nitrogens is 2. The standard InChI is InChI=1S/C21H28F2N6OS2.C3H8/c1-31-27-4-6-28(7-5-27)32-29-11-14-10-26(12-20(14)25-29)16-9-19(24)21(30-13-16)17-8-15(22)2-3-18(17)23;1-3-2/h2-3,8,11,16,19,21H,4-7,9-10,12-13,24H2,1H3;3H2,1-2H3/t16?,19?,21-;/m1./s1. The van der Waals surface area contributed by atoms with Crippen LogP contribution in [-0.4, -0.2) is 73.8 Å². The zero-order chi connectivity index (χ0) is 24.9. The molecule has 4 heterocycles. The highest BCUT2D eigenvalue weighted by Gasteiger charge is 2.37. The van der Waals surface area contributed by atoms with Gasteiger partial charge in [-0.05, 0) is 30.9 Å². The quantitative estimate of drug-likeness (QED) is 0.586. The van der Waals surface area contributed by atoms with Gasteiger partial charge in [-0.25, -0.2) is 17.4 Å². The van der Waals surface area contributed by atoms with Crippen molar-refractivity contribution in [3.8, 4) is 0 Å². The third kappa shape index (κ3) is 6.57. The van der Waals surface area contributed by atoms with E-state index in [1.54, 1.807) is 24.1 Å². The van der Waals surface area contributed by atoms with Gasteiger partial charge >= 0.3 is 0 Å². The molecule has 0 amide bonds. The maximum Gasteiger partial charge on any atom is 0.129 e. The van der Waals surface area contributed by atoms with E-state index in [0.717, 1.165) is 57.1 Å². The first-order valence-corrected chi connectivity index (χ1v) is 14.2. The first kappa shape index (κ1) is 26.8. The number of hydrogen-bond donors (Lipinski definition) is 1. The summed E-state index contributed by atoms with van der Waals surface area (Å²) < 4.78 is 40.4. The summed E-state index contributed by atoms with van der Waals surface area (Å²) in [4.78, 5) is 2.32. The molecule has 3 aliphatic heterocycles. The Labute approximate surface area is 215 Å². The van der Waals surface area contributed by atoms with Crippen molar-refractivity contribution in [3.05, 3.63) is 52.9 Å². The summed E-state index contributed by atoms with van der Waals surface area (Å²) in [6.07, 6.45) is 5.53. The van der Waals surface area contributed by atoms with Gasteiger partial charge in [-0.2, -0.15) is 9.19 Å². The molecular formula is C24H36F2N6OS2. The molecule has 3 atom stereocenters. The van der Waals surface area contributed by atoms with Crippen LogP contribution in [0.15, 0.2) is 24.4 Å². The lowest BCUT2D eigenvalue weighted by atomic mass is 9.93. The number of fused-ring (bicyclic) bond motifs is 1. The minimum Gasteiger partial charge on any atom is -0.370 e. The molecule has 2 fully saturated rings. The van der Waals surface area contributed by atoms with Crippen molar-refractivity contribution in [2.75, 3.05) is 39.0 Å². The number of halogens is 2. The Bertz CT molecular complexity index is 948. The molecule has 0 radical (unpaired) electrons. The Morgan fingerprint density at radius 2 is 1.83 bits per heavy atom. The Kier molecular flexibility index (Phi) is 9.47. The predicted octanol–water partition coefficient (Wildman–Crippen LogP) is 4.06. The second-order valence-electron chi connectivity index (χ2n) is 9.21. The Morgan fingerprint density at radius 3 is 2.49 bits per heavy atom. The third-order valence-electron chi connectivity index (χ3n) is 6.42. The summed E-state index contributed by atoms with van der Waals surface area (Å²) in [5, 5.41) is 4.79. The molecular weight excluding hydrogens is 490 g/mol. The van der Waals surface area contributed by atoms with Gasteiger partial charge in [0, 0.05) is 68.7 Å². The molecule has 7 nitrogen and oxygen atoms in total. The maximum absolute atomic E-state index is 14.2. The normalized spacial score (nSPS) is 25.8. The smallest absolute Gasteiger partial charge is 0.129 e. The second-order valence-corrected chi connectivity index (χ2v) is 11.1. The summed E-state index contributed by atoms with van der Waals surface area (Å²) in [5.41, 5.74) is 8.86. The molecule has 2 saturated heterocycles. The molecule has 2 unspecified atom stereocenters. The fraction of sp³-hybridized carbons (Fsp3) is 0.625. The van der Waals surface area contributed by atoms with Gasteiger partial charge < -0.3 is 10.5 Å². The molecule has 0 spiro atoms. The van der Waals surface area contributed by atoms with Crippen LogP contribution in [0, 0.1) is 11.6 Å². The van der Waals surface area contributed by atoms with Gasteiger partial charge in [-0.1, -0.05) is 32.2 Å². The molecule has 0 saturated carbocycles. The van der Waals surface area contributed by atoms with Crippen molar-refractivity contribution in [3.63, 3.8) is 0 Å². The second kappa shape index (κ2) is 12.4. The lowest BCUT2D eigenvalue weighted by Crippen LogP contribution is -2.47. The van der Waals surface area contributed by atoms with E-state index >= 15 is 0 Å². The maximum atomic E-state index is 14.2. The number of benzene rings is 1. The van der Waals surface area contributed by atoms with Gasteiger partial charge in [-0.3, -0.25) is 4.90 Å². The molecule has 3 aliphatic rings. The average Bonchev–Trinajstić information content (AvgIpc) is 3.41. The Balaban J connectivity index is 0.000000917. The van der Waals surface area contributed by atoms with E-state index in [9.17, 15) is 8.78 Å². The Morgan fingerprint density at radius 1 is 1.11 bits per heavy atom. The van der Waals surface area contributed by atoms with Crippen molar-refractivity contribution >= 4 is 24.1 Å². The lowest BCUT2D eigenvalue weighted by Gasteiger charge is -2.38. The van der Waals surface area contributed by atoms with E-state index in [1.165, 1.54) is 18.1 Å². The first-order chi connectivity index (χ1) is 16.9. The molecule has 2 N–H and O–H groups in total. The number of nitrogens with zero attached hydrogens (tertiary/aromatic N) is 5. The minimum atomic E-state index is -0.626. The van der Waals surface area contributed by atoms with Crippen molar-refractivity contribution in [2.24, 2.45) is 5.73 Å². The number of ether oxygens (including phenoxy) is 1. The van der Waals surface area contributed by atoms with E-state index in [0.29, 0.717) is 13.0 Å². The van der Waals surface area contributed by atoms with Gasteiger partial charge in [0.15, 0.2) is 0 Å². The number of nitrogens with two attached hydrogens (primary N) is 1. The minimum absolute atomic E-state index is 0.132. The van der Waals surface area contributed by atoms with E-state index in [2.05, 4.69) is 39.8 Å². The molecule has 35 heavy (non-hydrogen) atoms. The van der Waals surface area contributed by atoms with Gasteiger partial charge in [0.25, 0.3) is 0 Å². The number of rotatable bonds is 5. The zero-order valence-electron chi connectivity index (χ0n) is 20.7. The van der Waals surface area contributed by atoms with Crippen molar-refractivity contribution in [1.29, 1.82) is 0 Å². The average molecular weight is 527 g/mol. The topological polar surface area (TPSA) is 62.8 Å². The summed E-state index contributed by atoms with van der Waals surface area (Å²) in [5.74, 6) is -0.960. The third-order valence-corrected chi connectivity index (χ3v) is 8.25. The highest BCUT2D eigenvalue weighted by molar-refractivity contribution is 7.96. The van der Waals surface area contributed by atoms with Crippen LogP contribution in [0.5, 0.6) is 0 Å². The van der Waals surface area contributed by atoms with Gasteiger partial charge in [0.2, 0.25) is 0 Å². The van der Waals surface area contributed by atoms with Gasteiger partial charge in [-0.15, -0.1) is 0 Å². The highest BCUT2D eigenvalue weighted by atomic mass is 32.2. The van der Waals surface area contributed by atoms with Crippen molar-refractivity contribution in [2.45, 2.75) is 58.0 Å². The fourth-order valence-electron chi connectivity index (χ4n) is 4.66. The molecule has 1 aromatic carbocycles. The van der Waals surface area contributed by atoms with E-state index in [4.69, 9.17) is 15.6 Å². The van der Waals surface area contributed by atoms with E-state index in [1.807, 2.05) is 4.09 Å². The molecule has 0 bridgehead atoms. The Hall–Kier alpha value is -1.21. The van der Waals surface area contributed by atoms with Crippen LogP contribution in [-0.2, 0) is 17.8 Å². The molecule has 1 aromatic heterocycles. The highest BCUT2D eigenvalue weighted by Crippen LogP contribution is 2.34. The van der Waals surface area contributed by atoms with Crippen LogP contribution in [0.3, 0.4) is 0 Å². The molecule has 11 heteroatoms. The summed E-state index contributed by atoms with van der Waals surface area (Å²) in [7, 11) is 0. The van der Waals surface area contributed by atoms with Crippen LogP contribution in [0.1, 0.15) is 49.6 Å². The molecule has 0 aliphatic carbocycles. The SMILES string of the molecule is CCC.CSN1CCN(Sn2cc3c(n2)CN(C2CO[C@H](c4cc(F)ccc4F)C(N)C2)C3)CC1. The molecule has 5 rings (SSSR count). The monoisotopic (exact) mass is 526 g/mol. The zero-order valence-corrected chi connectivity index (χ0v) is 22.3. The fourth-order valence-corrected chi connectivity index (χ4v) is 6.06. The summed E-state index contributed by atoms with van der Waals surface area (Å²) in [6, 6.07) is 3.17. The van der Waals surface area contributed by atoms with E-state index in [-0.39, 0.29) is 11.6 Å². The number of hydrogen-bond acceptors (Lipinski definition) is 8. The number of piperazine rings is 1.